The van der Waals surface area contributed by atoms with Crippen LogP contribution in [-0.4, -0.2) is 56.7 Å². The van der Waals surface area contributed by atoms with Crippen molar-refractivity contribution in [3.05, 3.63) is 90.0 Å². The van der Waals surface area contributed by atoms with E-state index in [0.29, 0.717) is 25.4 Å². The molecule has 4 rings (SSSR count). The summed E-state index contributed by atoms with van der Waals surface area (Å²) in [5, 5.41) is 14.4. The van der Waals surface area contributed by atoms with Gasteiger partial charge in [0.2, 0.25) is 11.7 Å². The summed E-state index contributed by atoms with van der Waals surface area (Å²) in [4.78, 5) is 28.4. The van der Waals surface area contributed by atoms with E-state index in [0.717, 1.165) is 40.7 Å². The van der Waals surface area contributed by atoms with Gasteiger partial charge in [0.05, 0.1) is 13.2 Å². The average molecular weight is 600 g/mol. The van der Waals surface area contributed by atoms with E-state index in [4.69, 9.17) is 9.47 Å². The molecule has 0 saturated heterocycles. The molecule has 0 saturated carbocycles. The first-order valence-electron chi connectivity index (χ1n) is 15.5. The summed E-state index contributed by atoms with van der Waals surface area (Å²) in [6.45, 7) is 11.1. The second kappa shape index (κ2) is 18.3. The number of aromatic nitrogens is 4. The van der Waals surface area contributed by atoms with Gasteiger partial charge in [0.25, 0.3) is 0 Å². The number of hydrogen-bond acceptors (Lipinski definition) is 7. The Morgan fingerprint density at radius 3 is 2.18 bits per heavy atom. The number of unbranched alkanes of at least 4 members (excludes halogenated alkanes) is 1. The van der Waals surface area contributed by atoms with Gasteiger partial charge in [-0.2, -0.15) is 5.21 Å². The molecule has 1 amide bonds. The zero-order valence-electron chi connectivity index (χ0n) is 26.5. The summed E-state index contributed by atoms with van der Waals surface area (Å²) in [5.41, 5.74) is 4.80. The first-order chi connectivity index (χ1) is 21.5. The number of amides is 1. The quantitative estimate of drug-likeness (QED) is 0.117. The molecule has 9 nitrogen and oxygen atoms in total. The molecule has 4 aromatic rings. The van der Waals surface area contributed by atoms with Gasteiger partial charge < -0.3 is 14.4 Å². The van der Waals surface area contributed by atoms with E-state index in [-0.39, 0.29) is 25.0 Å². The first-order valence-corrected chi connectivity index (χ1v) is 15.5. The fraction of sp³-hybridized carbons (Fsp3) is 0.400. The van der Waals surface area contributed by atoms with Crippen LogP contribution in [0.1, 0.15) is 65.0 Å². The van der Waals surface area contributed by atoms with E-state index in [1.807, 2.05) is 113 Å². The zero-order valence-corrected chi connectivity index (χ0v) is 26.5. The molecule has 0 radical (unpaired) electrons. The van der Waals surface area contributed by atoms with Crippen LogP contribution < -0.4 is 0 Å². The average Bonchev–Trinajstić information content (AvgIpc) is 3.60. The minimum Gasteiger partial charge on any atom is -0.462 e. The lowest BCUT2D eigenvalue weighted by Crippen LogP contribution is -2.48. The second-order valence-electron chi connectivity index (χ2n) is 10.5. The predicted molar refractivity (Wildman–Crippen MR) is 172 cm³/mol. The van der Waals surface area contributed by atoms with Gasteiger partial charge in [-0.05, 0) is 39.8 Å². The van der Waals surface area contributed by atoms with Gasteiger partial charge in [-0.1, -0.05) is 120 Å². The molecule has 3 aromatic carbocycles. The topological polar surface area (TPSA) is 110 Å². The molecule has 234 valence electrons. The number of rotatable bonds is 15. The Morgan fingerprint density at radius 1 is 0.864 bits per heavy atom. The maximum absolute atomic E-state index is 13.4. The Balaban J connectivity index is 0.00000259. The van der Waals surface area contributed by atoms with Crippen molar-refractivity contribution < 1.29 is 19.1 Å². The highest BCUT2D eigenvalue weighted by Crippen LogP contribution is 2.30. The highest BCUT2D eigenvalue weighted by Gasteiger charge is 2.33. The number of carbonyl (C=O) groups excluding carboxylic acids is 2. The molecule has 1 unspecified atom stereocenters. The lowest BCUT2D eigenvalue weighted by atomic mass is 9.97. The maximum Gasteiger partial charge on any atom is 0.329 e. The Hall–Kier alpha value is -4.37. The number of esters is 1. The molecule has 1 heterocycles. The smallest absolute Gasteiger partial charge is 0.329 e. The summed E-state index contributed by atoms with van der Waals surface area (Å²) < 4.78 is 11.3. The fourth-order valence-corrected chi connectivity index (χ4v) is 4.82. The largest absolute Gasteiger partial charge is 0.462 e. The molecule has 0 bridgehead atoms. The third-order valence-electron chi connectivity index (χ3n) is 6.99. The van der Waals surface area contributed by atoms with Crippen LogP contribution in [0.2, 0.25) is 0 Å². The fourth-order valence-electron chi connectivity index (χ4n) is 4.82. The molecule has 1 atom stereocenters. The van der Waals surface area contributed by atoms with E-state index >= 15 is 0 Å². The summed E-state index contributed by atoms with van der Waals surface area (Å²) in [5.74, 6) is -0.0799. The predicted octanol–water partition coefficient (Wildman–Crippen LogP) is 6.86. The van der Waals surface area contributed by atoms with Crippen molar-refractivity contribution in [3.63, 3.8) is 0 Å². The van der Waals surface area contributed by atoms with Crippen molar-refractivity contribution >= 4 is 11.9 Å². The number of nitrogens with one attached hydrogen (secondary N) is 1. The van der Waals surface area contributed by atoms with E-state index in [2.05, 4.69) is 20.6 Å². The van der Waals surface area contributed by atoms with E-state index in [9.17, 15) is 9.59 Å². The molecular formula is C35H45N5O4. The van der Waals surface area contributed by atoms with Crippen LogP contribution >= 0.6 is 0 Å². The third-order valence-corrected chi connectivity index (χ3v) is 6.99. The molecule has 0 aliphatic carbocycles. The van der Waals surface area contributed by atoms with Gasteiger partial charge in [-0.15, -0.1) is 10.2 Å². The van der Waals surface area contributed by atoms with Crippen molar-refractivity contribution in [1.82, 2.24) is 25.5 Å². The van der Waals surface area contributed by atoms with Gasteiger partial charge in [0.1, 0.15) is 12.6 Å². The monoisotopic (exact) mass is 599 g/mol. The summed E-state index contributed by atoms with van der Waals surface area (Å²) >= 11 is 0. The van der Waals surface area contributed by atoms with Crippen LogP contribution in [0.3, 0.4) is 0 Å². The number of tetrazole rings is 1. The lowest BCUT2D eigenvalue weighted by molar-refractivity contribution is -0.159. The molecule has 9 heteroatoms. The number of benzene rings is 3. The third kappa shape index (κ3) is 9.84. The number of ether oxygens (including phenoxy) is 2. The van der Waals surface area contributed by atoms with Crippen LogP contribution in [-0.2, 0) is 32.2 Å². The molecular weight excluding hydrogens is 554 g/mol. The summed E-state index contributed by atoms with van der Waals surface area (Å²) in [7, 11) is 0. The van der Waals surface area contributed by atoms with Crippen molar-refractivity contribution in [1.29, 1.82) is 0 Å². The van der Waals surface area contributed by atoms with Crippen molar-refractivity contribution in [3.8, 4) is 22.5 Å². The van der Waals surface area contributed by atoms with Gasteiger partial charge in [-0.25, -0.2) is 4.79 Å². The van der Waals surface area contributed by atoms with Gasteiger partial charge in [-0.3, -0.25) is 4.79 Å². The zero-order chi connectivity index (χ0) is 31.7. The molecule has 44 heavy (non-hydrogen) atoms. The standard InChI is InChI=1S/C33H39N5O4.C2H6/c1-4-5-15-30(39)38(31(24(2)3)33(40)42-21-20-41-23-26-11-7-6-8-12-26)22-25-16-18-27(19-17-25)28-13-9-10-14-29(28)32-34-36-37-35-32;1-2/h6-14,16-19,24,31H,4-5,15,20-23H2,1-3H3,(H,34,35,36,37);1-2H3. The van der Waals surface area contributed by atoms with Crippen LogP contribution in [0, 0.1) is 5.92 Å². The molecule has 0 aliphatic heterocycles. The number of hydrogen-bond donors (Lipinski definition) is 1. The van der Waals surface area contributed by atoms with Crippen LogP contribution in [0.25, 0.3) is 22.5 Å². The Morgan fingerprint density at radius 2 is 1.55 bits per heavy atom. The highest BCUT2D eigenvalue weighted by atomic mass is 16.6. The molecule has 1 N–H and O–H groups in total. The summed E-state index contributed by atoms with van der Waals surface area (Å²) in [6.07, 6.45) is 2.03. The van der Waals surface area contributed by atoms with Gasteiger partial charge in [0, 0.05) is 18.5 Å². The maximum atomic E-state index is 13.4. The Labute approximate surface area is 261 Å². The lowest BCUT2D eigenvalue weighted by Gasteiger charge is -2.33. The number of aromatic amines is 1. The van der Waals surface area contributed by atoms with E-state index in [1.165, 1.54) is 0 Å². The normalized spacial score (nSPS) is 11.4. The minimum atomic E-state index is -0.706. The van der Waals surface area contributed by atoms with Gasteiger partial charge in [0.15, 0.2) is 0 Å². The number of H-pyrrole nitrogens is 1. The summed E-state index contributed by atoms with van der Waals surface area (Å²) in [6, 6.07) is 25.0. The van der Waals surface area contributed by atoms with Crippen molar-refractivity contribution in [2.24, 2.45) is 5.92 Å². The Bertz CT molecular complexity index is 1390. The van der Waals surface area contributed by atoms with Crippen LogP contribution in [0.5, 0.6) is 0 Å². The van der Waals surface area contributed by atoms with Crippen LogP contribution in [0.15, 0.2) is 78.9 Å². The van der Waals surface area contributed by atoms with E-state index in [1.54, 1.807) is 4.90 Å². The molecule has 1 aromatic heterocycles. The SMILES string of the molecule is CC.CCCCC(=O)N(Cc1ccc(-c2ccccc2-c2nn[nH]n2)cc1)C(C(=O)OCCOCc1ccccc1)C(C)C. The first kappa shape index (κ1) is 34.1. The number of nitrogens with zero attached hydrogens (tertiary/aromatic N) is 4. The minimum absolute atomic E-state index is 0.0562. The number of carbonyl (C=O) groups is 2. The van der Waals surface area contributed by atoms with Gasteiger partial charge >= 0.3 is 5.97 Å². The second-order valence-corrected chi connectivity index (χ2v) is 10.5. The van der Waals surface area contributed by atoms with E-state index < -0.39 is 12.0 Å². The Kier molecular flexibility index (Phi) is 14.2. The van der Waals surface area contributed by atoms with Crippen LogP contribution in [0.4, 0.5) is 0 Å². The highest BCUT2D eigenvalue weighted by molar-refractivity contribution is 5.85. The molecule has 0 spiro atoms. The van der Waals surface area contributed by atoms with Crippen molar-refractivity contribution in [2.45, 2.75) is 73.1 Å². The molecule has 0 aliphatic rings. The molecule has 0 fully saturated rings. The van der Waals surface area contributed by atoms with Crippen molar-refractivity contribution in [2.75, 3.05) is 13.2 Å².